The average molecular weight is 668 g/mol. The lowest BCUT2D eigenvalue weighted by molar-refractivity contribution is -0.348. The predicted octanol–water partition coefficient (Wildman–Crippen LogP) is 7.36. The molecule has 0 radical (unpaired) electrons. The van der Waals surface area contributed by atoms with Gasteiger partial charge in [-0.15, -0.1) is 0 Å². The second kappa shape index (κ2) is 10.7. The number of carboxylic acid groups (broad SMARTS) is 1. The number of hydrogen-bond acceptors (Lipinski definition) is 4. The van der Waals surface area contributed by atoms with Crippen molar-refractivity contribution in [3.8, 4) is 0 Å². The van der Waals surface area contributed by atoms with Gasteiger partial charge >= 0.3 is 24.0 Å². The fourth-order valence-corrected chi connectivity index (χ4v) is 8.99. The molecule has 1 heterocycles. The first-order valence-electron chi connectivity index (χ1n) is 13.1. The van der Waals surface area contributed by atoms with Gasteiger partial charge < -0.3 is 5.11 Å². The number of sulfone groups is 1. The predicted molar refractivity (Wildman–Crippen MR) is 142 cm³/mol. The van der Waals surface area contributed by atoms with Crippen molar-refractivity contribution < 1.29 is 53.4 Å². The van der Waals surface area contributed by atoms with Crippen molar-refractivity contribution in [3.63, 3.8) is 0 Å². The number of alkyl halides is 7. The molecule has 236 valence electrons. The van der Waals surface area contributed by atoms with Gasteiger partial charge in [0.1, 0.15) is 10.6 Å². The van der Waals surface area contributed by atoms with E-state index in [1.165, 1.54) is 18.2 Å². The maximum absolute atomic E-state index is 15.0. The molecule has 1 N–H and O–H groups in total. The molecular formula is C29H22ClF8NO4S. The number of aryl methyl sites for hydroxylation is 1. The van der Waals surface area contributed by atoms with E-state index in [4.69, 9.17) is 11.6 Å². The van der Waals surface area contributed by atoms with Crippen molar-refractivity contribution in [2.75, 3.05) is 6.54 Å². The van der Waals surface area contributed by atoms with E-state index >= 15 is 0 Å². The number of hydrogen-bond donors (Lipinski definition) is 1. The first-order valence-corrected chi connectivity index (χ1v) is 14.9. The maximum atomic E-state index is 15.0. The highest BCUT2D eigenvalue weighted by Crippen LogP contribution is 2.57. The Morgan fingerprint density at radius 1 is 0.955 bits per heavy atom. The molecule has 1 aliphatic carbocycles. The molecule has 3 aromatic carbocycles. The van der Waals surface area contributed by atoms with Crippen molar-refractivity contribution in [2.24, 2.45) is 0 Å². The van der Waals surface area contributed by atoms with Crippen LogP contribution in [-0.4, -0.2) is 49.3 Å². The second-order valence-corrected chi connectivity index (χ2v) is 13.4. The third kappa shape index (κ3) is 4.85. The summed E-state index contributed by atoms with van der Waals surface area (Å²) in [4.78, 5) is 12.7. The number of carboxylic acids is 1. The molecule has 5 rings (SSSR count). The molecule has 15 heteroatoms. The minimum Gasteiger partial charge on any atom is -0.478 e. The number of aromatic carboxylic acids is 1. The third-order valence-corrected chi connectivity index (χ3v) is 11.4. The minimum absolute atomic E-state index is 0.0350. The van der Waals surface area contributed by atoms with E-state index in [9.17, 15) is 53.4 Å². The van der Waals surface area contributed by atoms with Crippen LogP contribution >= 0.6 is 11.6 Å². The molecule has 1 aliphatic heterocycles. The topological polar surface area (TPSA) is 74.7 Å². The summed E-state index contributed by atoms with van der Waals surface area (Å²) in [5, 5.41) is 9.32. The van der Waals surface area contributed by atoms with Crippen LogP contribution in [0.15, 0.2) is 65.6 Å². The number of nitrogens with zero attached hydrogens (tertiary/aromatic N) is 1. The van der Waals surface area contributed by atoms with Crippen molar-refractivity contribution in [1.82, 2.24) is 4.90 Å². The zero-order chi connectivity index (χ0) is 32.5. The molecule has 44 heavy (non-hydrogen) atoms. The lowest BCUT2D eigenvalue weighted by atomic mass is 9.76. The summed E-state index contributed by atoms with van der Waals surface area (Å²) in [6.45, 7) is 0.120. The monoisotopic (exact) mass is 667 g/mol. The van der Waals surface area contributed by atoms with E-state index in [1.807, 2.05) is 0 Å². The van der Waals surface area contributed by atoms with E-state index in [2.05, 4.69) is 0 Å². The van der Waals surface area contributed by atoms with Crippen LogP contribution in [0.5, 0.6) is 0 Å². The maximum Gasteiger partial charge on any atom is 0.435 e. The summed E-state index contributed by atoms with van der Waals surface area (Å²) in [5.74, 6) is -1.96. The van der Waals surface area contributed by atoms with Gasteiger partial charge in [-0.1, -0.05) is 35.9 Å². The molecule has 2 atom stereocenters. The van der Waals surface area contributed by atoms with Crippen molar-refractivity contribution in [3.05, 3.63) is 99.3 Å². The number of likely N-dealkylation sites (tertiary alicyclic amines) is 1. The van der Waals surface area contributed by atoms with Crippen LogP contribution in [0, 0.1) is 5.82 Å². The van der Waals surface area contributed by atoms with Crippen LogP contribution in [0.4, 0.5) is 35.1 Å². The zero-order valence-electron chi connectivity index (χ0n) is 22.3. The van der Waals surface area contributed by atoms with Gasteiger partial charge in [0, 0.05) is 29.7 Å². The Hall–Kier alpha value is -3.23. The molecule has 0 unspecified atom stereocenters. The van der Waals surface area contributed by atoms with Gasteiger partial charge in [0.2, 0.25) is 0 Å². The third-order valence-electron chi connectivity index (χ3n) is 8.45. The largest absolute Gasteiger partial charge is 0.478 e. The molecule has 1 saturated heterocycles. The highest BCUT2D eigenvalue weighted by Gasteiger charge is 2.73. The van der Waals surface area contributed by atoms with Crippen molar-refractivity contribution in [1.29, 1.82) is 0 Å². The van der Waals surface area contributed by atoms with E-state index in [0.29, 0.717) is 17.7 Å². The van der Waals surface area contributed by atoms with Gasteiger partial charge in [-0.2, -0.15) is 26.3 Å². The highest BCUT2D eigenvalue weighted by molar-refractivity contribution is 7.92. The molecule has 3 aromatic rings. The quantitative estimate of drug-likeness (QED) is 0.220. The standard InChI is InChI=1S/C29H22ClF8NO4S/c30-23-14-17(25(40)41)1-2-18(23)15-39-12-11-26(44(42,43)21-7-5-20(31)6-8-21)22-9-4-19(13-16(22)3-10-24(26)39)27(32,28(33,34)35)29(36,37)38/h1-2,4-9,13-14,24H,3,10-12,15H2,(H,40,41)/t24-,26-/m1/s1. The molecule has 0 spiro atoms. The summed E-state index contributed by atoms with van der Waals surface area (Å²) < 4.78 is 137. The molecular weight excluding hydrogens is 646 g/mol. The second-order valence-electron chi connectivity index (χ2n) is 10.8. The Kier molecular flexibility index (Phi) is 7.82. The smallest absolute Gasteiger partial charge is 0.435 e. The normalized spacial score (nSPS) is 21.2. The van der Waals surface area contributed by atoms with Crippen LogP contribution < -0.4 is 0 Å². The van der Waals surface area contributed by atoms with Gasteiger partial charge in [0.15, 0.2) is 9.84 Å². The number of halogens is 9. The first-order chi connectivity index (χ1) is 20.3. The first kappa shape index (κ1) is 32.2. The number of benzene rings is 3. The summed E-state index contributed by atoms with van der Waals surface area (Å²) >= 11 is 6.31. The summed E-state index contributed by atoms with van der Waals surface area (Å²) in [7, 11) is -4.51. The van der Waals surface area contributed by atoms with Crippen LogP contribution in [0.25, 0.3) is 0 Å². The van der Waals surface area contributed by atoms with Gasteiger partial charge in [-0.05, 0) is 72.4 Å². The van der Waals surface area contributed by atoms with Crippen molar-refractivity contribution >= 4 is 27.4 Å². The zero-order valence-corrected chi connectivity index (χ0v) is 23.9. The lowest BCUT2D eigenvalue weighted by Crippen LogP contribution is -2.52. The Morgan fingerprint density at radius 2 is 1.59 bits per heavy atom. The molecule has 5 nitrogen and oxygen atoms in total. The molecule has 0 aromatic heterocycles. The van der Waals surface area contributed by atoms with E-state index in [-0.39, 0.29) is 59.0 Å². The van der Waals surface area contributed by atoms with Crippen LogP contribution in [0.1, 0.15) is 45.5 Å². The summed E-state index contributed by atoms with van der Waals surface area (Å²) in [5.41, 5.74) is -7.32. The molecule has 0 saturated carbocycles. The van der Waals surface area contributed by atoms with Crippen molar-refractivity contribution in [2.45, 2.75) is 59.5 Å². The summed E-state index contributed by atoms with van der Waals surface area (Å²) in [6.07, 6.45) is -13.1. The van der Waals surface area contributed by atoms with E-state index in [1.54, 1.807) is 4.90 Å². The molecule has 1 fully saturated rings. The number of rotatable bonds is 6. The lowest BCUT2D eigenvalue weighted by Gasteiger charge is -2.43. The molecule has 0 amide bonds. The number of fused-ring (bicyclic) bond motifs is 3. The van der Waals surface area contributed by atoms with E-state index < -0.39 is 56.0 Å². The molecule has 2 aliphatic rings. The highest BCUT2D eigenvalue weighted by atomic mass is 35.5. The van der Waals surface area contributed by atoms with Gasteiger partial charge in [0.25, 0.3) is 0 Å². The Labute approximate surface area is 251 Å². The van der Waals surface area contributed by atoms with Crippen LogP contribution in [0.2, 0.25) is 5.02 Å². The van der Waals surface area contributed by atoms with Crippen LogP contribution in [-0.2, 0) is 33.2 Å². The Balaban J connectivity index is 1.66. The van der Waals surface area contributed by atoms with Crippen LogP contribution in [0.3, 0.4) is 0 Å². The van der Waals surface area contributed by atoms with Gasteiger partial charge in [0.05, 0.1) is 10.5 Å². The van der Waals surface area contributed by atoms with Gasteiger partial charge in [-0.25, -0.2) is 22.0 Å². The summed E-state index contributed by atoms with van der Waals surface area (Å²) in [6, 6.07) is 8.51. The fourth-order valence-electron chi connectivity index (χ4n) is 6.36. The SMILES string of the molecule is O=C(O)c1ccc(CN2CC[C@@]3(S(=O)(=O)c4ccc(F)cc4)c4ccc(C(F)(C(F)(F)F)C(F)(F)F)cc4CC[C@@H]23)c(Cl)c1. The minimum atomic E-state index is -6.35. The number of carbonyl (C=O) groups is 1. The average Bonchev–Trinajstić information content (AvgIpc) is 3.32. The van der Waals surface area contributed by atoms with Gasteiger partial charge in [-0.3, -0.25) is 4.90 Å². The van der Waals surface area contributed by atoms with E-state index in [0.717, 1.165) is 30.3 Å². The fraction of sp³-hybridized carbons (Fsp3) is 0.345. The Bertz CT molecular complexity index is 1710. The Morgan fingerprint density at radius 3 is 2.16 bits per heavy atom. The molecule has 0 bridgehead atoms.